The van der Waals surface area contributed by atoms with Crippen molar-refractivity contribution in [2.75, 3.05) is 7.11 Å². The van der Waals surface area contributed by atoms with Crippen LogP contribution in [0.3, 0.4) is 0 Å². The average molecular weight is 236 g/mol. The highest BCUT2D eigenvalue weighted by molar-refractivity contribution is 5.41. The molecule has 0 aliphatic carbocycles. The number of hydrogen-bond acceptors (Lipinski definition) is 3. The fraction of sp³-hybridized carbons (Fsp3) is 0.643. The number of aromatic nitrogens is 1. The van der Waals surface area contributed by atoms with Crippen molar-refractivity contribution in [1.29, 1.82) is 0 Å². The topological polar surface area (TPSA) is 48.1 Å². The van der Waals surface area contributed by atoms with Crippen molar-refractivity contribution in [3.8, 4) is 5.75 Å². The number of nitrogens with zero attached hydrogens (tertiary/aromatic N) is 1. The Morgan fingerprint density at radius 2 is 2.12 bits per heavy atom. The van der Waals surface area contributed by atoms with Gasteiger partial charge in [-0.2, -0.15) is 0 Å². The fourth-order valence-corrected chi connectivity index (χ4v) is 2.09. The quantitative estimate of drug-likeness (QED) is 0.826. The second kappa shape index (κ2) is 6.60. The predicted octanol–water partition coefficient (Wildman–Crippen LogP) is 2.77. The molecule has 0 aliphatic rings. The fourth-order valence-electron chi connectivity index (χ4n) is 2.09. The van der Waals surface area contributed by atoms with Crippen LogP contribution in [0.2, 0.25) is 0 Å². The third-order valence-corrected chi connectivity index (χ3v) is 3.13. The summed E-state index contributed by atoms with van der Waals surface area (Å²) in [6.45, 7) is 6.26. The average Bonchev–Trinajstić information content (AvgIpc) is 2.31. The van der Waals surface area contributed by atoms with Crippen LogP contribution >= 0.6 is 0 Å². The molecule has 1 rings (SSSR count). The van der Waals surface area contributed by atoms with Crippen molar-refractivity contribution in [2.24, 2.45) is 5.73 Å². The Kier molecular flexibility index (Phi) is 5.42. The molecule has 0 aromatic carbocycles. The van der Waals surface area contributed by atoms with Crippen LogP contribution in [-0.2, 0) is 6.42 Å². The minimum atomic E-state index is 0.202. The Morgan fingerprint density at radius 1 is 1.41 bits per heavy atom. The van der Waals surface area contributed by atoms with Crippen LogP contribution in [0.25, 0.3) is 0 Å². The van der Waals surface area contributed by atoms with Gasteiger partial charge in [-0.15, -0.1) is 0 Å². The van der Waals surface area contributed by atoms with Crippen molar-refractivity contribution >= 4 is 0 Å². The van der Waals surface area contributed by atoms with E-state index in [1.807, 2.05) is 13.1 Å². The number of hydrogen-bond donors (Lipinski definition) is 1. The standard InChI is InChI=1S/C14H24N2O/c1-5-6-7-12(15)8-13-11(3)14(17-4)10(2)9-16-13/h9,12H,5-8,15H2,1-4H3. The Hall–Kier alpha value is -1.09. The predicted molar refractivity (Wildman–Crippen MR) is 71.5 cm³/mol. The SMILES string of the molecule is CCCCC(N)Cc1ncc(C)c(OC)c1C. The number of methoxy groups -OCH3 is 1. The van der Waals surface area contributed by atoms with Crippen LogP contribution in [0.15, 0.2) is 6.20 Å². The van der Waals surface area contributed by atoms with Gasteiger partial charge in [-0.1, -0.05) is 19.8 Å². The van der Waals surface area contributed by atoms with Crippen molar-refractivity contribution in [1.82, 2.24) is 4.98 Å². The van der Waals surface area contributed by atoms with Crippen LogP contribution in [0.4, 0.5) is 0 Å². The summed E-state index contributed by atoms with van der Waals surface area (Å²) in [4.78, 5) is 4.47. The normalized spacial score (nSPS) is 12.5. The lowest BCUT2D eigenvalue weighted by Crippen LogP contribution is -2.23. The molecule has 1 heterocycles. The van der Waals surface area contributed by atoms with E-state index in [0.717, 1.165) is 35.4 Å². The second-order valence-corrected chi connectivity index (χ2v) is 4.65. The molecular weight excluding hydrogens is 212 g/mol. The lowest BCUT2D eigenvalue weighted by molar-refractivity contribution is 0.406. The van der Waals surface area contributed by atoms with E-state index in [9.17, 15) is 0 Å². The summed E-state index contributed by atoms with van der Waals surface area (Å²) >= 11 is 0. The van der Waals surface area contributed by atoms with Crippen molar-refractivity contribution < 1.29 is 4.74 Å². The molecule has 96 valence electrons. The van der Waals surface area contributed by atoms with Crippen molar-refractivity contribution in [2.45, 2.75) is 52.5 Å². The molecular formula is C14H24N2O. The largest absolute Gasteiger partial charge is 0.496 e. The van der Waals surface area contributed by atoms with Crippen LogP contribution in [0.5, 0.6) is 5.75 Å². The summed E-state index contributed by atoms with van der Waals surface area (Å²) in [6.07, 6.45) is 6.14. The summed E-state index contributed by atoms with van der Waals surface area (Å²) in [5.41, 5.74) is 9.38. The molecule has 3 heteroatoms. The first-order chi connectivity index (χ1) is 8.10. The first-order valence-corrected chi connectivity index (χ1v) is 6.34. The smallest absolute Gasteiger partial charge is 0.128 e. The zero-order valence-corrected chi connectivity index (χ0v) is 11.4. The van der Waals surface area contributed by atoms with E-state index in [-0.39, 0.29) is 6.04 Å². The number of rotatable bonds is 6. The molecule has 1 atom stereocenters. The summed E-state index contributed by atoms with van der Waals surface area (Å²) in [7, 11) is 1.70. The van der Waals surface area contributed by atoms with Gasteiger partial charge in [-0.25, -0.2) is 0 Å². The molecule has 0 saturated heterocycles. The first kappa shape index (κ1) is 14.0. The molecule has 0 fully saturated rings. The van der Waals surface area contributed by atoms with Gasteiger partial charge in [-0.3, -0.25) is 4.98 Å². The molecule has 1 unspecified atom stereocenters. The molecule has 0 spiro atoms. The van der Waals surface area contributed by atoms with Crippen LogP contribution in [-0.4, -0.2) is 18.1 Å². The number of aryl methyl sites for hydroxylation is 1. The molecule has 0 radical (unpaired) electrons. The van der Waals surface area contributed by atoms with Crippen LogP contribution < -0.4 is 10.5 Å². The maximum Gasteiger partial charge on any atom is 0.128 e. The summed E-state index contributed by atoms with van der Waals surface area (Å²) < 4.78 is 5.40. The van der Waals surface area contributed by atoms with Crippen molar-refractivity contribution in [3.63, 3.8) is 0 Å². The monoisotopic (exact) mass is 236 g/mol. The van der Waals surface area contributed by atoms with Gasteiger partial charge in [-0.05, 0) is 20.3 Å². The zero-order chi connectivity index (χ0) is 12.8. The minimum absolute atomic E-state index is 0.202. The molecule has 17 heavy (non-hydrogen) atoms. The molecule has 3 nitrogen and oxygen atoms in total. The van der Waals surface area contributed by atoms with Gasteiger partial charge in [0.2, 0.25) is 0 Å². The minimum Gasteiger partial charge on any atom is -0.496 e. The lowest BCUT2D eigenvalue weighted by Gasteiger charge is -2.15. The van der Waals surface area contributed by atoms with Gasteiger partial charge in [0.15, 0.2) is 0 Å². The highest BCUT2D eigenvalue weighted by Gasteiger charge is 2.12. The Balaban J connectivity index is 2.78. The van der Waals surface area contributed by atoms with Crippen LogP contribution in [0, 0.1) is 13.8 Å². The third kappa shape index (κ3) is 3.70. The molecule has 2 N–H and O–H groups in total. The van der Waals surface area contributed by atoms with E-state index in [0.29, 0.717) is 0 Å². The third-order valence-electron chi connectivity index (χ3n) is 3.13. The van der Waals surface area contributed by atoms with Crippen LogP contribution in [0.1, 0.15) is 43.0 Å². The van der Waals surface area contributed by atoms with Gasteiger partial charge in [0.1, 0.15) is 5.75 Å². The molecule has 0 bridgehead atoms. The molecule has 0 aliphatic heterocycles. The number of unbranched alkanes of at least 4 members (excludes halogenated alkanes) is 1. The molecule has 1 aromatic rings. The second-order valence-electron chi connectivity index (χ2n) is 4.65. The highest BCUT2D eigenvalue weighted by atomic mass is 16.5. The van der Waals surface area contributed by atoms with Gasteiger partial charge < -0.3 is 10.5 Å². The Labute approximate surface area is 104 Å². The molecule has 1 aromatic heterocycles. The summed E-state index contributed by atoms with van der Waals surface area (Å²) in [5.74, 6) is 0.942. The maximum absolute atomic E-state index is 6.11. The zero-order valence-electron chi connectivity index (χ0n) is 11.4. The van der Waals surface area contributed by atoms with Gasteiger partial charge in [0, 0.05) is 35.5 Å². The maximum atomic E-state index is 6.11. The summed E-state index contributed by atoms with van der Waals surface area (Å²) in [6, 6.07) is 0.202. The first-order valence-electron chi connectivity index (χ1n) is 6.34. The lowest BCUT2D eigenvalue weighted by atomic mass is 10.0. The van der Waals surface area contributed by atoms with Gasteiger partial charge in [0.25, 0.3) is 0 Å². The van der Waals surface area contributed by atoms with Gasteiger partial charge in [0.05, 0.1) is 7.11 Å². The van der Waals surface area contributed by atoms with Crippen molar-refractivity contribution in [3.05, 3.63) is 23.0 Å². The Morgan fingerprint density at radius 3 is 2.71 bits per heavy atom. The van der Waals surface area contributed by atoms with Gasteiger partial charge >= 0.3 is 0 Å². The molecule has 0 amide bonds. The van der Waals surface area contributed by atoms with E-state index >= 15 is 0 Å². The number of pyridine rings is 1. The van der Waals surface area contributed by atoms with E-state index in [1.165, 1.54) is 12.8 Å². The number of nitrogens with two attached hydrogens (primary N) is 1. The van der Waals surface area contributed by atoms with E-state index in [4.69, 9.17) is 10.5 Å². The van der Waals surface area contributed by atoms with E-state index in [1.54, 1.807) is 7.11 Å². The number of ether oxygens (including phenoxy) is 1. The van der Waals surface area contributed by atoms with E-state index < -0.39 is 0 Å². The molecule has 0 saturated carbocycles. The van der Waals surface area contributed by atoms with E-state index in [2.05, 4.69) is 18.8 Å². The summed E-state index contributed by atoms with van der Waals surface area (Å²) in [5, 5.41) is 0. The highest BCUT2D eigenvalue weighted by Crippen LogP contribution is 2.24. The Bertz CT molecular complexity index is 363.